The Labute approximate surface area is 188 Å². The average molecular weight is 455 g/mol. The van der Waals surface area contributed by atoms with Crippen LogP contribution in [-0.4, -0.2) is 27.7 Å². The molecular weight excluding hydrogens is 436 g/mol. The monoisotopic (exact) mass is 454 g/mol. The van der Waals surface area contributed by atoms with Gasteiger partial charge in [-0.1, -0.05) is 23.7 Å². The Morgan fingerprint density at radius 1 is 1.16 bits per heavy atom. The van der Waals surface area contributed by atoms with E-state index in [2.05, 4.69) is 15.3 Å². The molecule has 2 aromatic carbocycles. The van der Waals surface area contributed by atoms with Crippen LogP contribution in [0.5, 0.6) is 11.5 Å². The molecule has 2 aromatic heterocycles. The van der Waals surface area contributed by atoms with Gasteiger partial charge in [0.1, 0.15) is 6.61 Å². The van der Waals surface area contributed by atoms with Gasteiger partial charge in [-0.15, -0.1) is 5.10 Å². The van der Waals surface area contributed by atoms with Crippen LogP contribution in [0.15, 0.2) is 70.4 Å². The van der Waals surface area contributed by atoms with E-state index in [1.54, 1.807) is 24.6 Å². The van der Waals surface area contributed by atoms with Gasteiger partial charge in [0, 0.05) is 5.02 Å². The van der Waals surface area contributed by atoms with Crippen molar-refractivity contribution in [1.29, 1.82) is 0 Å². The Morgan fingerprint density at radius 2 is 2.06 bits per heavy atom. The van der Waals surface area contributed by atoms with Gasteiger partial charge in [0.2, 0.25) is 10.6 Å². The van der Waals surface area contributed by atoms with Gasteiger partial charge < -0.3 is 13.9 Å². The molecule has 0 saturated carbocycles. The maximum absolute atomic E-state index is 6.04. The number of furan rings is 1. The fourth-order valence-corrected chi connectivity index (χ4v) is 3.26. The number of halogens is 1. The molecule has 0 aliphatic heterocycles. The first-order valence-corrected chi connectivity index (χ1v) is 10.3. The molecule has 0 aliphatic rings. The lowest BCUT2D eigenvalue weighted by molar-refractivity contribution is 0.269. The highest BCUT2D eigenvalue weighted by Gasteiger charge is 2.11. The number of nitrogens with one attached hydrogen (secondary N) is 1. The van der Waals surface area contributed by atoms with Gasteiger partial charge in [0.05, 0.1) is 19.1 Å². The van der Waals surface area contributed by atoms with Crippen LogP contribution in [0.2, 0.25) is 5.02 Å². The summed E-state index contributed by atoms with van der Waals surface area (Å²) >= 11 is 11.3. The van der Waals surface area contributed by atoms with Crippen LogP contribution in [0, 0.1) is 4.77 Å². The second kappa shape index (κ2) is 9.63. The molecule has 0 atom stereocenters. The van der Waals surface area contributed by atoms with E-state index in [1.807, 2.05) is 49.4 Å². The fraction of sp³-hybridized carbons (Fsp3) is 0.136. The highest BCUT2D eigenvalue weighted by Crippen LogP contribution is 2.29. The summed E-state index contributed by atoms with van der Waals surface area (Å²) in [7, 11) is 0. The lowest BCUT2D eigenvalue weighted by Crippen LogP contribution is -2.01. The van der Waals surface area contributed by atoms with Crippen LogP contribution in [0.4, 0.5) is 0 Å². The number of aromatic nitrogens is 3. The predicted octanol–water partition coefficient (Wildman–Crippen LogP) is 5.71. The van der Waals surface area contributed by atoms with Crippen LogP contribution in [0.25, 0.3) is 11.6 Å². The molecule has 158 valence electrons. The minimum atomic E-state index is 0.356. The number of benzene rings is 2. The summed E-state index contributed by atoms with van der Waals surface area (Å²) < 4.78 is 19.0. The molecule has 1 N–H and O–H groups in total. The summed E-state index contributed by atoms with van der Waals surface area (Å²) in [6.07, 6.45) is 3.23. The van der Waals surface area contributed by atoms with Gasteiger partial charge in [0.25, 0.3) is 0 Å². The lowest BCUT2D eigenvalue weighted by Gasteiger charge is -2.12. The lowest BCUT2D eigenvalue weighted by atomic mass is 10.2. The number of H-pyrrole nitrogens is 1. The molecule has 4 aromatic rings. The van der Waals surface area contributed by atoms with E-state index < -0.39 is 0 Å². The van der Waals surface area contributed by atoms with E-state index in [4.69, 9.17) is 37.7 Å². The summed E-state index contributed by atoms with van der Waals surface area (Å²) in [5.74, 6) is 2.30. The minimum Gasteiger partial charge on any atom is -0.490 e. The van der Waals surface area contributed by atoms with Crippen molar-refractivity contribution < 1.29 is 13.9 Å². The highest BCUT2D eigenvalue weighted by molar-refractivity contribution is 7.71. The van der Waals surface area contributed by atoms with Gasteiger partial charge in [-0.05, 0) is 72.7 Å². The number of rotatable bonds is 8. The van der Waals surface area contributed by atoms with Crippen molar-refractivity contribution in [2.75, 3.05) is 6.61 Å². The molecule has 9 heteroatoms. The molecule has 0 aliphatic carbocycles. The Morgan fingerprint density at radius 3 is 2.84 bits per heavy atom. The smallest absolute Gasteiger partial charge is 0.219 e. The van der Waals surface area contributed by atoms with Crippen molar-refractivity contribution in [3.63, 3.8) is 0 Å². The SMILES string of the molecule is CCOc1cc(/C=N\n2c(-c3ccco3)n[nH]c2=S)ccc1OCc1cccc(Cl)c1. The van der Waals surface area contributed by atoms with Crippen molar-refractivity contribution in [2.45, 2.75) is 13.5 Å². The second-order valence-electron chi connectivity index (χ2n) is 6.44. The van der Waals surface area contributed by atoms with E-state index in [0.717, 1.165) is 11.1 Å². The number of nitrogens with zero attached hydrogens (tertiary/aromatic N) is 3. The van der Waals surface area contributed by atoms with Crippen molar-refractivity contribution >= 4 is 30.0 Å². The van der Waals surface area contributed by atoms with Gasteiger partial charge >= 0.3 is 0 Å². The van der Waals surface area contributed by atoms with Crippen molar-refractivity contribution in [2.24, 2.45) is 5.10 Å². The summed E-state index contributed by atoms with van der Waals surface area (Å²) in [6.45, 7) is 2.80. The van der Waals surface area contributed by atoms with E-state index in [1.165, 1.54) is 4.68 Å². The van der Waals surface area contributed by atoms with Crippen LogP contribution >= 0.6 is 23.8 Å². The van der Waals surface area contributed by atoms with Crippen LogP contribution in [0.1, 0.15) is 18.1 Å². The molecule has 0 saturated heterocycles. The summed E-state index contributed by atoms with van der Waals surface area (Å²) in [6, 6.07) is 16.7. The molecule has 7 nitrogen and oxygen atoms in total. The van der Waals surface area contributed by atoms with E-state index in [0.29, 0.717) is 46.1 Å². The molecule has 4 rings (SSSR count). The van der Waals surface area contributed by atoms with Crippen LogP contribution in [-0.2, 0) is 6.61 Å². The molecule has 0 bridgehead atoms. The van der Waals surface area contributed by atoms with E-state index in [-0.39, 0.29) is 0 Å². The molecule has 0 unspecified atom stereocenters. The Balaban J connectivity index is 1.55. The van der Waals surface area contributed by atoms with Crippen LogP contribution in [0.3, 0.4) is 0 Å². The average Bonchev–Trinajstić information content (AvgIpc) is 3.41. The fourth-order valence-electron chi connectivity index (χ4n) is 2.87. The predicted molar refractivity (Wildman–Crippen MR) is 122 cm³/mol. The van der Waals surface area contributed by atoms with Crippen molar-refractivity contribution in [1.82, 2.24) is 14.9 Å². The summed E-state index contributed by atoms with van der Waals surface area (Å²) in [5, 5.41) is 12.0. The standard InChI is InChI=1S/C22H19ClN4O3S/c1-2-28-20-12-15(8-9-18(20)30-14-16-5-3-6-17(23)11-16)13-24-27-21(25-26-22(27)31)19-7-4-10-29-19/h3-13H,2,14H2,1H3,(H,26,31)/b24-13-. The molecular formula is C22H19ClN4O3S. The normalized spacial score (nSPS) is 11.2. The Kier molecular flexibility index (Phi) is 6.49. The minimum absolute atomic E-state index is 0.356. The maximum Gasteiger partial charge on any atom is 0.219 e. The topological polar surface area (TPSA) is 77.6 Å². The number of hydrogen-bond acceptors (Lipinski definition) is 6. The zero-order valence-corrected chi connectivity index (χ0v) is 18.2. The molecule has 0 fully saturated rings. The molecule has 0 amide bonds. The first-order chi connectivity index (χ1) is 15.1. The van der Waals surface area contributed by atoms with Gasteiger partial charge in [0.15, 0.2) is 17.3 Å². The number of ether oxygens (including phenoxy) is 2. The number of hydrogen-bond donors (Lipinski definition) is 1. The Hall–Kier alpha value is -3.36. The van der Waals surface area contributed by atoms with Crippen molar-refractivity contribution in [3.05, 3.63) is 81.8 Å². The van der Waals surface area contributed by atoms with Crippen molar-refractivity contribution in [3.8, 4) is 23.1 Å². The zero-order valence-electron chi connectivity index (χ0n) is 16.6. The molecule has 31 heavy (non-hydrogen) atoms. The van der Waals surface area contributed by atoms with Gasteiger partial charge in [-0.25, -0.2) is 5.10 Å². The third-order valence-corrected chi connectivity index (χ3v) is 4.76. The third kappa shape index (κ3) is 5.04. The second-order valence-corrected chi connectivity index (χ2v) is 7.27. The van der Waals surface area contributed by atoms with Gasteiger partial charge in [-0.3, -0.25) is 0 Å². The zero-order chi connectivity index (χ0) is 21.6. The Bertz CT molecular complexity index is 1250. The number of aromatic amines is 1. The molecule has 0 spiro atoms. The van der Waals surface area contributed by atoms with Gasteiger partial charge in [-0.2, -0.15) is 9.78 Å². The summed E-state index contributed by atoms with van der Waals surface area (Å²) in [5.41, 5.74) is 1.78. The summed E-state index contributed by atoms with van der Waals surface area (Å²) in [4.78, 5) is 0. The van der Waals surface area contributed by atoms with Crippen LogP contribution < -0.4 is 9.47 Å². The highest BCUT2D eigenvalue weighted by atomic mass is 35.5. The largest absolute Gasteiger partial charge is 0.490 e. The first kappa shape index (κ1) is 20.9. The maximum atomic E-state index is 6.04. The third-order valence-electron chi connectivity index (χ3n) is 4.27. The van der Waals surface area contributed by atoms with E-state index in [9.17, 15) is 0 Å². The first-order valence-electron chi connectivity index (χ1n) is 9.54. The molecule has 0 radical (unpaired) electrons. The molecule has 2 heterocycles. The quantitative estimate of drug-likeness (QED) is 0.272. The van der Waals surface area contributed by atoms with E-state index >= 15 is 0 Å².